The molecule has 1 aliphatic rings. The third-order valence-corrected chi connectivity index (χ3v) is 20.7. The second-order valence-corrected chi connectivity index (χ2v) is 28.7. The Morgan fingerprint density at radius 1 is 0.336 bits per heavy atom. The van der Waals surface area contributed by atoms with E-state index in [0.29, 0.717) is 71.4 Å². The number of nitrogens with zero attached hydrogens (tertiary/aromatic N) is 20. The summed E-state index contributed by atoms with van der Waals surface area (Å²) in [6, 6.07) is 73.6. The van der Waals surface area contributed by atoms with Gasteiger partial charge in [-0.2, -0.15) is 138 Å². The average Bonchev–Trinajstić information content (AvgIpc) is 1.71. The fourth-order valence-electron chi connectivity index (χ4n) is 12.6. The molecule has 16 rings (SSSR count). The number of tetrazole rings is 5. The van der Waals surface area contributed by atoms with E-state index in [9.17, 15) is 24.0 Å². The Hall–Kier alpha value is -8.16. The molecule has 5 heterocycles. The van der Waals surface area contributed by atoms with Crippen molar-refractivity contribution in [2.45, 2.75) is 119 Å². The molecule has 0 N–H and O–H groups in total. The number of benzene rings is 10. The zero-order valence-corrected chi connectivity index (χ0v) is 87.5. The molecule has 1 fully saturated rings. The van der Waals surface area contributed by atoms with Gasteiger partial charge in [0.15, 0.2) is 0 Å². The molecule has 633 valence electrons. The van der Waals surface area contributed by atoms with E-state index in [1.807, 2.05) is 178 Å². The fourth-order valence-corrected chi connectivity index (χ4v) is 13.3. The summed E-state index contributed by atoms with van der Waals surface area (Å²) in [5.41, 5.74) is 13.6. The van der Waals surface area contributed by atoms with Crippen molar-refractivity contribution >= 4 is 27.5 Å². The molecule has 30 nitrogen and oxygen atoms in total. The van der Waals surface area contributed by atoms with Crippen LogP contribution in [0.3, 0.4) is 0 Å². The number of halogens is 2. The van der Waals surface area contributed by atoms with E-state index < -0.39 is 0 Å². The SMILES string of the molecule is CCc1c[c-]ccc1OCc1c(Br)cccc1-n1nnn(C)c1=O.CCc1c[c-]ccc1OCc1c(C)cccc1-n1nnn(C)c1=O.CCc1c[c-]ccc1OCc1c(Cl)cccc1-n1nnn(C)c1=O.CCc1c[c-]ccc1OCc1ccccc1-n1nnn(C)c1=O.Cc1cccc(-n2nnn(C)c2=O)c1COc1cc[c-]cc1C1CC1.[Y].[Y].[Y].[Y].[Y]. The molecule has 1 aliphatic carbocycles. The summed E-state index contributed by atoms with van der Waals surface area (Å²) in [6.07, 6.45) is 5.86. The number of aryl methyl sites for hydroxylation is 11. The molecule has 15 aromatic rings. The molecular formula is C88H87BrClN20O10Y5-5. The Kier molecular flexibility index (Phi) is 42.0. The molecule has 0 bridgehead atoms. The Balaban J connectivity index is 0.000000212. The topological polar surface area (TPSA) is 310 Å². The van der Waals surface area contributed by atoms with Gasteiger partial charge in [-0.25, -0.2) is 24.0 Å². The molecule has 5 radical (unpaired) electrons. The van der Waals surface area contributed by atoms with Crippen molar-refractivity contribution in [3.63, 3.8) is 0 Å². The first-order valence-corrected chi connectivity index (χ1v) is 39.7. The van der Waals surface area contributed by atoms with E-state index in [1.54, 1.807) is 59.5 Å². The maximum Gasteiger partial charge on any atom is 0.368 e. The molecule has 10 aromatic carbocycles. The van der Waals surface area contributed by atoms with Gasteiger partial charge in [0.05, 0.1) is 28.4 Å². The number of para-hydroxylation sites is 1. The minimum Gasteiger partial charge on any atom is -0.514 e. The van der Waals surface area contributed by atoms with Crippen LogP contribution in [0.4, 0.5) is 0 Å². The van der Waals surface area contributed by atoms with E-state index in [0.717, 1.165) is 119 Å². The van der Waals surface area contributed by atoms with Crippen LogP contribution in [0, 0.1) is 44.2 Å². The quantitative estimate of drug-likeness (QED) is 0.0480. The molecule has 125 heavy (non-hydrogen) atoms. The molecule has 0 amide bonds. The largest absolute Gasteiger partial charge is 0.514 e. The van der Waals surface area contributed by atoms with Crippen LogP contribution in [0.1, 0.15) is 113 Å². The van der Waals surface area contributed by atoms with Crippen molar-refractivity contribution in [2.75, 3.05) is 0 Å². The summed E-state index contributed by atoms with van der Waals surface area (Å²) in [5.74, 6) is 4.72. The average molecular weight is 2140 g/mol. The number of aromatic nitrogens is 20. The molecule has 1 saturated carbocycles. The van der Waals surface area contributed by atoms with Crippen LogP contribution in [-0.4, -0.2) is 99.0 Å². The van der Waals surface area contributed by atoms with Crippen LogP contribution in [0.25, 0.3) is 28.4 Å². The first kappa shape index (κ1) is 104. The number of ether oxygens (including phenoxy) is 5. The fraction of sp³-hybridized carbons (Fsp3) is 0.261. The summed E-state index contributed by atoms with van der Waals surface area (Å²) in [6.45, 7) is 13.8. The summed E-state index contributed by atoms with van der Waals surface area (Å²) in [5, 5.41) is 38.9. The first-order valence-electron chi connectivity index (χ1n) is 38.6. The van der Waals surface area contributed by atoms with Crippen LogP contribution in [0.15, 0.2) is 217 Å². The Morgan fingerprint density at radius 3 is 0.984 bits per heavy atom. The van der Waals surface area contributed by atoms with Gasteiger partial charge in [0.1, 0.15) is 33.0 Å². The second kappa shape index (κ2) is 50.6. The van der Waals surface area contributed by atoms with Crippen LogP contribution in [0.2, 0.25) is 5.02 Å². The Bertz CT molecular complexity index is 6020. The van der Waals surface area contributed by atoms with Crippen molar-refractivity contribution < 1.29 is 187 Å². The maximum absolute atomic E-state index is 12.2. The minimum absolute atomic E-state index is 0. The zero-order valence-electron chi connectivity index (χ0n) is 70.9. The third-order valence-electron chi connectivity index (χ3n) is 19.6. The minimum atomic E-state index is -0.345. The smallest absolute Gasteiger partial charge is 0.368 e. The molecule has 0 atom stereocenters. The van der Waals surface area contributed by atoms with Crippen molar-refractivity contribution in [1.82, 2.24) is 99.0 Å². The molecule has 5 aromatic heterocycles. The number of hydrogen-bond acceptors (Lipinski definition) is 20. The predicted molar refractivity (Wildman–Crippen MR) is 453 cm³/mol. The molecular weight excluding hydrogens is 2060 g/mol. The molecule has 0 spiro atoms. The van der Waals surface area contributed by atoms with Gasteiger partial charge in [0.2, 0.25) is 0 Å². The monoisotopic (exact) mass is 2140 g/mol. The molecule has 0 unspecified atom stereocenters. The van der Waals surface area contributed by atoms with Gasteiger partial charge in [-0.3, -0.25) is 0 Å². The van der Waals surface area contributed by atoms with Crippen LogP contribution >= 0.6 is 27.5 Å². The molecule has 0 saturated heterocycles. The predicted octanol–water partition coefficient (Wildman–Crippen LogP) is 11.9. The Morgan fingerprint density at radius 2 is 0.624 bits per heavy atom. The van der Waals surface area contributed by atoms with Gasteiger partial charge in [-0.15, -0.1) is 58.1 Å². The second-order valence-electron chi connectivity index (χ2n) is 27.5. The van der Waals surface area contributed by atoms with Gasteiger partial charge in [0.25, 0.3) is 0 Å². The van der Waals surface area contributed by atoms with E-state index in [-0.39, 0.29) is 199 Å². The van der Waals surface area contributed by atoms with Crippen molar-refractivity contribution in [3.05, 3.63) is 347 Å². The summed E-state index contributed by atoms with van der Waals surface area (Å²) in [4.78, 5) is 60.7. The van der Waals surface area contributed by atoms with Gasteiger partial charge >= 0.3 is 28.4 Å². The van der Waals surface area contributed by atoms with Crippen molar-refractivity contribution in [2.24, 2.45) is 35.2 Å². The van der Waals surface area contributed by atoms with Crippen molar-refractivity contribution in [3.8, 4) is 57.2 Å². The van der Waals surface area contributed by atoms with E-state index >= 15 is 0 Å². The van der Waals surface area contributed by atoms with Crippen LogP contribution in [0.5, 0.6) is 28.7 Å². The summed E-state index contributed by atoms with van der Waals surface area (Å²) in [7, 11) is 7.83. The van der Waals surface area contributed by atoms with Gasteiger partial charge in [-0.05, 0) is 120 Å². The summed E-state index contributed by atoms with van der Waals surface area (Å²) < 4.78 is 43.2. The van der Waals surface area contributed by atoms with Gasteiger partial charge < -0.3 is 23.7 Å². The maximum atomic E-state index is 12.2. The van der Waals surface area contributed by atoms with E-state index in [2.05, 4.69) is 126 Å². The molecule has 0 aliphatic heterocycles. The van der Waals surface area contributed by atoms with Crippen molar-refractivity contribution in [1.29, 1.82) is 0 Å². The van der Waals surface area contributed by atoms with Gasteiger partial charge in [-0.1, -0.05) is 154 Å². The standard InChI is InChI=1S/C19H19N4O2.C18H19N4O2.C17H16BrN4O2.C17H16ClN4O2.C17H17N4O2.5Y/c1-13-6-5-8-17(23-19(24)22(2)20-21-23)16(13)12-25-18-9-4-3-7-15(18)14-10-11-14;1-4-14-9-5-6-11-17(14)24-12-15-13(2)8-7-10-16(15)22-18(23)21(3)19-20-22;2*1-3-12-7-4-5-10-16(12)24-11-13-14(18)8-6-9-15(13)22-17(23)21(2)19-20-22;1-3-13-8-5-7-11-16(13)23-12-14-9-4-6-10-15(14)21-17(22)20(2)18-19-21;;;;;/h4-9,14H,10-12H2,1-2H3;6-11H,4,12H2,1-3H3;2*5-10H,3,11H2,1-2H3;4,6-11H,3,12H2,1-2H3;;;;;/q5*-1;;;;;. The number of rotatable bonds is 25. The van der Waals surface area contributed by atoms with Crippen LogP contribution in [-0.2, 0) is 258 Å². The van der Waals surface area contributed by atoms with Gasteiger partial charge in [0, 0.05) is 265 Å². The summed E-state index contributed by atoms with van der Waals surface area (Å²) >= 11 is 9.85. The zero-order chi connectivity index (χ0) is 84.9. The first-order chi connectivity index (χ1) is 58.2. The normalized spacial score (nSPS) is 11.0. The molecule has 37 heteroatoms. The van der Waals surface area contributed by atoms with E-state index in [4.69, 9.17) is 35.3 Å². The van der Waals surface area contributed by atoms with Crippen LogP contribution < -0.4 is 52.1 Å². The third kappa shape index (κ3) is 26.3. The van der Waals surface area contributed by atoms with E-state index in [1.165, 1.54) is 60.5 Å². The Labute approximate surface area is 861 Å². The number of hydrogen-bond donors (Lipinski definition) is 0.